The van der Waals surface area contributed by atoms with Gasteiger partial charge in [0.2, 0.25) is 5.91 Å². The Bertz CT molecular complexity index is 1590. The molecule has 0 aliphatic carbocycles. The Hall–Kier alpha value is -4.82. The molecule has 0 saturated heterocycles. The molecule has 0 saturated carbocycles. The van der Waals surface area contributed by atoms with Crippen molar-refractivity contribution in [3.8, 4) is 17.2 Å². The van der Waals surface area contributed by atoms with Crippen LogP contribution in [0.3, 0.4) is 0 Å². The number of hydrogen-bond acceptors (Lipinski definition) is 6. The van der Waals surface area contributed by atoms with Gasteiger partial charge in [0.1, 0.15) is 22.9 Å². The number of nitrogens with one attached hydrogen (secondary N) is 1. The molecule has 8 heteroatoms. The van der Waals surface area contributed by atoms with Crippen LogP contribution < -0.4 is 19.7 Å². The highest BCUT2D eigenvalue weighted by molar-refractivity contribution is 8.14. The van der Waals surface area contributed by atoms with E-state index < -0.39 is 0 Å². The van der Waals surface area contributed by atoms with Crippen LogP contribution in [0.4, 0.5) is 11.4 Å². The molecule has 41 heavy (non-hydrogen) atoms. The number of methoxy groups -OCH3 is 1. The average Bonchev–Trinajstić information content (AvgIpc) is 3.28. The molecule has 1 aliphatic rings. The number of carbonyl (C=O) groups excluding carboxylic acids is 2. The lowest BCUT2D eigenvalue weighted by molar-refractivity contribution is -0.114. The van der Waals surface area contributed by atoms with Crippen molar-refractivity contribution in [2.24, 2.45) is 4.99 Å². The lowest BCUT2D eigenvalue weighted by Gasteiger charge is -2.19. The number of amidine groups is 1. The largest absolute Gasteiger partial charge is 0.497 e. The third-order valence-electron chi connectivity index (χ3n) is 6.16. The van der Waals surface area contributed by atoms with Crippen molar-refractivity contribution in [3.05, 3.63) is 119 Å². The highest BCUT2D eigenvalue weighted by atomic mass is 32.2. The molecule has 7 nitrogen and oxygen atoms in total. The van der Waals surface area contributed by atoms with E-state index in [0.29, 0.717) is 28.0 Å². The van der Waals surface area contributed by atoms with E-state index in [1.54, 1.807) is 42.4 Å². The number of benzene rings is 4. The van der Waals surface area contributed by atoms with Crippen LogP contribution >= 0.6 is 11.8 Å². The summed E-state index contributed by atoms with van der Waals surface area (Å²) in [5, 5.41) is 3.35. The van der Waals surface area contributed by atoms with E-state index in [9.17, 15) is 9.59 Å². The standard InChI is InChI=1S/C33H29N3O4S/c1-22-17-23(2)19-26(18-22)36-32(38)30(20-24-9-13-27(39-3)14-10-24)35-33(36)41-21-31(37)34-25-11-15-29(16-12-25)40-28-7-5-4-6-8-28/h4-20H,21H2,1-3H3,(H,34,37)/b30-20+. The Morgan fingerprint density at radius 1 is 0.878 bits per heavy atom. The van der Waals surface area contributed by atoms with Crippen LogP contribution in [0, 0.1) is 13.8 Å². The van der Waals surface area contributed by atoms with Gasteiger partial charge in [-0.15, -0.1) is 0 Å². The summed E-state index contributed by atoms with van der Waals surface area (Å²) >= 11 is 1.21. The third-order valence-corrected chi connectivity index (χ3v) is 7.10. The molecule has 5 rings (SSSR count). The zero-order chi connectivity index (χ0) is 28.8. The lowest BCUT2D eigenvalue weighted by atomic mass is 10.1. The van der Waals surface area contributed by atoms with E-state index in [-0.39, 0.29) is 17.6 Å². The number of amides is 2. The molecule has 206 valence electrons. The second kappa shape index (κ2) is 12.6. The molecular formula is C33H29N3O4S. The number of aryl methyl sites for hydroxylation is 2. The van der Waals surface area contributed by atoms with E-state index in [0.717, 1.165) is 28.2 Å². The fourth-order valence-corrected chi connectivity index (χ4v) is 5.13. The Labute approximate surface area is 243 Å². The van der Waals surface area contributed by atoms with Crippen molar-refractivity contribution in [1.82, 2.24) is 0 Å². The molecule has 0 bridgehead atoms. The molecule has 1 heterocycles. The van der Waals surface area contributed by atoms with Gasteiger partial charge in [-0.1, -0.05) is 48.2 Å². The zero-order valence-electron chi connectivity index (χ0n) is 23.0. The molecule has 0 unspecified atom stereocenters. The molecule has 4 aromatic carbocycles. The first-order valence-corrected chi connectivity index (χ1v) is 14.0. The minimum Gasteiger partial charge on any atom is -0.497 e. The maximum absolute atomic E-state index is 13.6. The second-order valence-electron chi connectivity index (χ2n) is 9.46. The highest BCUT2D eigenvalue weighted by Crippen LogP contribution is 2.31. The van der Waals surface area contributed by atoms with Gasteiger partial charge in [0.15, 0.2) is 5.17 Å². The van der Waals surface area contributed by atoms with E-state index >= 15 is 0 Å². The van der Waals surface area contributed by atoms with Crippen molar-refractivity contribution < 1.29 is 19.1 Å². The van der Waals surface area contributed by atoms with E-state index in [1.807, 2.05) is 86.6 Å². The predicted octanol–water partition coefficient (Wildman–Crippen LogP) is 7.22. The number of rotatable bonds is 8. The second-order valence-corrected chi connectivity index (χ2v) is 10.4. The SMILES string of the molecule is COc1ccc(/C=C2/N=C(SCC(=O)Nc3ccc(Oc4ccccc4)cc3)N(c3cc(C)cc(C)c3)C2=O)cc1. The first-order chi connectivity index (χ1) is 19.9. The maximum Gasteiger partial charge on any atom is 0.283 e. The Morgan fingerprint density at radius 3 is 2.17 bits per heavy atom. The normalized spacial score (nSPS) is 13.7. The van der Waals surface area contributed by atoms with Gasteiger partial charge in [-0.3, -0.25) is 14.5 Å². The molecule has 0 fully saturated rings. The number of thioether (sulfide) groups is 1. The predicted molar refractivity (Wildman–Crippen MR) is 166 cm³/mol. The molecule has 0 radical (unpaired) electrons. The third kappa shape index (κ3) is 7.04. The fraction of sp³-hybridized carbons (Fsp3) is 0.121. The van der Waals surface area contributed by atoms with Crippen molar-refractivity contribution in [2.75, 3.05) is 23.1 Å². The molecule has 1 aliphatic heterocycles. The van der Waals surface area contributed by atoms with E-state index in [4.69, 9.17) is 9.47 Å². The van der Waals surface area contributed by atoms with Crippen LogP contribution in [0.2, 0.25) is 0 Å². The Morgan fingerprint density at radius 2 is 1.51 bits per heavy atom. The summed E-state index contributed by atoms with van der Waals surface area (Å²) in [6.45, 7) is 3.97. The number of ether oxygens (including phenoxy) is 2. The monoisotopic (exact) mass is 563 g/mol. The van der Waals surface area contributed by atoms with Crippen molar-refractivity contribution in [1.29, 1.82) is 0 Å². The Balaban J connectivity index is 1.30. The minimum atomic E-state index is -0.247. The molecular weight excluding hydrogens is 534 g/mol. The van der Waals surface area contributed by atoms with Crippen LogP contribution in [0.5, 0.6) is 17.2 Å². The van der Waals surface area contributed by atoms with Gasteiger partial charge in [0.25, 0.3) is 5.91 Å². The number of carbonyl (C=O) groups is 2. The van der Waals surface area contributed by atoms with Gasteiger partial charge < -0.3 is 14.8 Å². The average molecular weight is 564 g/mol. The first kappa shape index (κ1) is 27.7. The molecule has 0 atom stereocenters. The van der Waals surface area contributed by atoms with Crippen LogP contribution in [-0.4, -0.2) is 29.8 Å². The van der Waals surface area contributed by atoms with Crippen LogP contribution in [-0.2, 0) is 9.59 Å². The van der Waals surface area contributed by atoms with E-state index in [2.05, 4.69) is 10.3 Å². The van der Waals surface area contributed by atoms with Gasteiger partial charge in [-0.2, -0.15) is 0 Å². The first-order valence-electron chi connectivity index (χ1n) is 13.0. The summed E-state index contributed by atoms with van der Waals surface area (Å²) in [6.07, 6.45) is 1.74. The number of para-hydroxylation sites is 1. The van der Waals surface area contributed by atoms with Gasteiger partial charge in [-0.05, 0) is 97.3 Å². The summed E-state index contributed by atoms with van der Waals surface area (Å²) in [5.41, 5.74) is 4.54. The van der Waals surface area contributed by atoms with Crippen LogP contribution in [0.1, 0.15) is 16.7 Å². The molecule has 0 spiro atoms. The molecule has 0 aromatic heterocycles. The van der Waals surface area contributed by atoms with Crippen molar-refractivity contribution >= 4 is 46.2 Å². The quantitative estimate of drug-likeness (QED) is 0.229. The van der Waals surface area contributed by atoms with Crippen molar-refractivity contribution in [2.45, 2.75) is 13.8 Å². The minimum absolute atomic E-state index is 0.0749. The maximum atomic E-state index is 13.6. The van der Waals surface area contributed by atoms with E-state index in [1.165, 1.54) is 11.8 Å². The molecule has 2 amide bonds. The smallest absolute Gasteiger partial charge is 0.283 e. The lowest BCUT2D eigenvalue weighted by Crippen LogP contribution is -2.31. The summed E-state index contributed by atoms with van der Waals surface area (Å²) in [7, 11) is 1.61. The number of nitrogens with zero attached hydrogens (tertiary/aromatic N) is 2. The molecule has 1 N–H and O–H groups in total. The van der Waals surface area contributed by atoms with Gasteiger partial charge in [0, 0.05) is 5.69 Å². The topological polar surface area (TPSA) is 80.2 Å². The van der Waals surface area contributed by atoms with Crippen LogP contribution in [0.25, 0.3) is 6.08 Å². The summed E-state index contributed by atoms with van der Waals surface area (Å²) < 4.78 is 11.0. The van der Waals surface area contributed by atoms with Gasteiger partial charge >= 0.3 is 0 Å². The summed E-state index contributed by atoms with van der Waals surface area (Å²) in [5.74, 6) is 1.75. The van der Waals surface area contributed by atoms with Gasteiger partial charge in [-0.25, -0.2) is 4.99 Å². The zero-order valence-corrected chi connectivity index (χ0v) is 23.8. The Kier molecular flexibility index (Phi) is 8.50. The van der Waals surface area contributed by atoms with Crippen LogP contribution in [0.15, 0.2) is 108 Å². The number of anilines is 2. The fourth-order valence-electron chi connectivity index (χ4n) is 4.32. The number of hydrogen-bond donors (Lipinski definition) is 1. The molecule has 4 aromatic rings. The van der Waals surface area contributed by atoms with Crippen molar-refractivity contribution in [3.63, 3.8) is 0 Å². The summed E-state index contributed by atoms with van der Waals surface area (Å²) in [4.78, 5) is 32.6. The number of aliphatic imine (C=N–C) groups is 1. The summed E-state index contributed by atoms with van der Waals surface area (Å²) in [6, 6.07) is 30.0. The highest BCUT2D eigenvalue weighted by Gasteiger charge is 2.32. The van der Waals surface area contributed by atoms with Gasteiger partial charge in [0.05, 0.1) is 18.6 Å².